The van der Waals surface area contributed by atoms with Crippen LogP contribution in [0.3, 0.4) is 0 Å². The highest BCUT2D eigenvalue weighted by atomic mass is 32.1. The number of anilines is 1. The zero-order valence-corrected chi connectivity index (χ0v) is 11.9. The smallest absolute Gasteiger partial charge is 0.365 e. The van der Waals surface area contributed by atoms with E-state index in [1.165, 1.54) is 35.8 Å². The average molecular weight is 326 g/mol. The number of benzene rings is 2. The molecule has 0 unspecified atom stereocenters. The van der Waals surface area contributed by atoms with Gasteiger partial charge in [0.05, 0.1) is 10.3 Å². The first-order valence-corrected chi connectivity index (χ1v) is 7.16. The van der Waals surface area contributed by atoms with E-state index < -0.39 is 11.7 Å². The minimum Gasteiger partial charge on any atom is -0.365 e. The van der Waals surface area contributed by atoms with E-state index in [9.17, 15) is 17.6 Å². The van der Waals surface area contributed by atoms with Crippen LogP contribution in [0.5, 0.6) is 0 Å². The molecule has 0 aliphatic carbocycles. The summed E-state index contributed by atoms with van der Waals surface area (Å²) in [6.45, 7) is 0.313. The molecule has 0 radical (unpaired) electrons. The maximum absolute atomic E-state index is 13.3. The van der Waals surface area contributed by atoms with Crippen molar-refractivity contribution in [3.05, 3.63) is 59.4 Å². The molecule has 0 fully saturated rings. The number of hydrogen-bond donors (Lipinski definition) is 1. The van der Waals surface area contributed by atoms with Gasteiger partial charge in [-0.3, -0.25) is 0 Å². The first kappa shape index (κ1) is 14.8. The van der Waals surface area contributed by atoms with E-state index in [0.717, 1.165) is 16.8 Å². The fourth-order valence-electron chi connectivity index (χ4n) is 2.04. The number of halogens is 4. The Kier molecular flexibility index (Phi) is 3.74. The summed E-state index contributed by atoms with van der Waals surface area (Å²) in [6, 6.07) is 9.28. The van der Waals surface area contributed by atoms with Crippen molar-refractivity contribution in [3.8, 4) is 0 Å². The van der Waals surface area contributed by atoms with Crippen molar-refractivity contribution in [2.24, 2.45) is 0 Å². The molecule has 1 aromatic heterocycles. The summed E-state index contributed by atoms with van der Waals surface area (Å²) >= 11 is 1.24. The van der Waals surface area contributed by atoms with Crippen LogP contribution in [0.2, 0.25) is 0 Å². The Morgan fingerprint density at radius 2 is 1.77 bits per heavy atom. The maximum atomic E-state index is 13.3. The summed E-state index contributed by atoms with van der Waals surface area (Å²) in [5.41, 5.74) is 0.00276. The van der Waals surface area contributed by atoms with Crippen LogP contribution in [0, 0.1) is 5.82 Å². The molecule has 0 amide bonds. The zero-order chi connectivity index (χ0) is 15.7. The molecule has 0 saturated carbocycles. The molecule has 0 bridgehead atoms. The topological polar surface area (TPSA) is 24.9 Å². The molecule has 0 aliphatic heterocycles. The maximum Gasteiger partial charge on any atom is 0.416 e. The van der Waals surface area contributed by atoms with Gasteiger partial charge in [-0.2, -0.15) is 17.5 Å². The highest BCUT2D eigenvalue weighted by Gasteiger charge is 2.29. The number of nitrogens with zero attached hydrogens (tertiary/aromatic N) is 1. The van der Waals surface area contributed by atoms with Crippen LogP contribution in [0.4, 0.5) is 23.4 Å². The summed E-state index contributed by atoms with van der Waals surface area (Å²) in [7, 11) is 0. The zero-order valence-electron chi connectivity index (χ0n) is 11.1. The van der Waals surface area contributed by atoms with Gasteiger partial charge in [-0.1, -0.05) is 12.1 Å². The Bertz CT molecular complexity index is 793. The quantitative estimate of drug-likeness (QED) is 0.680. The Hall–Kier alpha value is -2.15. The number of hydrogen-bond acceptors (Lipinski definition) is 3. The van der Waals surface area contributed by atoms with Gasteiger partial charge < -0.3 is 5.32 Å². The summed E-state index contributed by atoms with van der Waals surface area (Å²) in [5, 5.41) is 3.68. The van der Waals surface area contributed by atoms with Gasteiger partial charge in [0.15, 0.2) is 0 Å². The van der Waals surface area contributed by atoms with Gasteiger partial charge in [-0.25, -0.2) is 4.39 Å². The van der Waals surface area contributed by atoms with E-state index in [2.05, 4.69) is 9.69 Å². The van der Waals surface area contributed by atoms with Crippen LogP contribution in [-0.2, 0) is 12.7 Å². The van der Waals surface area contributed by atoms with Crippen LogP contribution in [0.25, 0.3) is 10.1 Å². The first-order valence-electron chi connectivity index (χ1n) is 6.38. The Morgan fingerprint density at radius 3 is 2.45 bits per heavy atom. The Morgan fingerprint density at radius 1 is 1.05 bits per heavy atom. The van der Waals surface area contributed by atoms with Gasteiger partial charge in [-0.15, -0.1) is 0 Å². The van der Waals surface area contributed by atoms with Crippen molar-refractivity contribution in [1.82, 2.24) is 4.37 Å². The van der Waals surface area contributed by atoms with Crippen molar-refractivity contribution < 1.29 is 17.6 Å². The van der Waals surface area contributed by atoms with Crippen molar-refractivity contribution in [3.63, 3.8) is 0 Å². The first-order chi connectivity index (χ1) is 10.4. The van der Waals surface area contributed by atoms with Gasteiger partial charge in [0, 0.05) is 11.9 Å². The van der Waals surface area contributed by atoms with Crippen LogP contribution >= 0.6 is 11.5 Å². The van der Waals surface area contributed by atoms with E-state index in [0.29, 0.717) is 23.3 Å². The molecule has 0 aliphatic rings. The summed E-state index contributed by atoms with van der Waals surface area (Å²) in [6.07, 6.45) is -4.34. The van der Waals surface area contributed by atoms with Crippen molar-refractivity contribution in [1.29, 1.82) is 0 Å². The molecule has 0 atom stereocenters. The van der Waals surface area contributed by atoms with E-state index in [1.54, 1.807) is 6.07 Å². The minimum absolute atomic E-state index is 0.313. The lowest BCUT2D eigenvalue weighted by atomic mass is 10.1. The second kappa shape index (κ2) is 5.57. The fraction of sp³-hybridized carbons (Fsp3) is 0.133. The summed E-state index contributed by atoms with van der Waals surface area (Å²) in [4.78, 5) is 0. The lowest BCUT2D eigenvalue weighted by molar-refractivity contribution is -0.137. The van der Waals surface area contributed by atoms with E-state index in [1.807, 2.05) is 0 Å². The summed E-state index contributed by atoms with van der Waals surface area (Å²) < 4.78 is 55.7. The molecular weight excluding hydrogens is 316 g/mol. The monoisotopic (exact) mass is 326 g/mol. The molecule has 1 N–H and O–H groups in total. The van der Waals surface area contributed by atoms with Crippen LogP contribution in [-0.4, -0.2) is 4.37 Å². The summed E-state index contributed by atoms with van der Waals surface area (Å²) in [5.74, 6) is 0.171. The Balaban J connectivity index is 1.75. The number of rotatable bonds is 3. The second-order valence-corrected chi connectivity index (χ2v) is 5.52. The molecule has 1 heterocycles. The standard InChI is InChI=1S/C15H10F4N2S/c16-11-5-6-13-12(7-11)14(21-22-13)20-8-9-1-3-10(4-2-9)15(17,18)19/h1-7H,8H2,(H,20,21). The van der Waals surface area contributed by atoms with Gasteiger partial charge in [0.25, 0.3) is 0 Å². The highest BCUT2D eigenvalue weighted by molar-refractivity contribution is 7.13. The number of nitrogens with one attached hydrogen (secondary N) is 1. The molecule has 0 spiro atoms. The third kappa shape index (κ3) is 3.04. The molecule has 2 nitrogen and oxygen atoms in total. The predicted molar refractivity (Wildman–Crippen MR) is 78.3 cm³/mol. The third-order valence-electron chi connectivity index (χ3n) is 3.17. The van der Waals surface area contributed by atoms with Crippen molar-refractivity contribution in [2.75, 3.05) is 5.32 Å². The predicted octanol–water partition coefficient (Wildman–Crippen LogP) is 5.07. The molecule has 7 heteroatoms. The average Bonchev–Trinajstić information content (AvgIpc) is 2.87. The van der Waals surface area contributed by atoms with Crippen molar-refractivity contribution in [2.45, 2.75) is 12.7 Å². The van der Waals surface area contributed by atoms with Gasteiger partial charge in [-0.05, 0) is 47.4 Å². The number of aromatic nitrogens is 1. The third-order valence-corrected chi connectivity index (χ3v) is 4.00. The Labute approximate surface area is 127 Å². The van der Waals surface area contributed by atoms with Crippen LogP contribution in [0.15, 0.2) is 42.5 Å². The molecule has 2 aromatic carbocycles. The largest absolute Gasteiger partial charge is 0.416 e. The van der Waals surface area contributed by atoms with Gasteiger partial charge in [0.1, 0.15) is 11.6 Å². The van der Waals surface area contributed by atoms with Crippen LogP contribution < -0.4 is 5.32 Å². The molecular formula is C15H10F4N2S. The molecule has 22 heavy (non-hydrogen) atoms. The lowest BCUT2D eigenvalue weighted by Crippen LogP contribution is -2.05. The van der Waals surface area contributed by atoms with Crippen LogP contribution in [0.1, 0.15) is 11.1 Å². The molecule has 3 aromatic rings. The lowest BCUT2D eigenvalue weighted by Gasteiger charge is -2.08. The molecule has 114 valence electrons. The minimum atomic E-state index is -4.34. The van der Waals surface area contributed by atoms with E-state index >= 15 is 0 Å². The van der Waals surface area contributed by atoms with Crippen molar-refractivity contribution >= 4 is 27.4 Å². The normalized spacial score (nSPS) is 11.8. The highest BCUT2D eigenvalue weighted by Crippen LogP contribution is 2.30. The molecule has 0 saturated heterocycles. The van der Waals surface area contributed by atoms with E-state index in [4.69, 9.17) is 0 Å². The second-order valence-electron chi connectivity index (χ2n) is 4.72. The number of fused-ring (bicyclic) bond motifs is 1. The SMILES string of the molecule is Fc1ccc2snc(NCc3ccc(C(F)(F)F)cc3)c2c1. The molecule has 3 rings (SSSR count). The van der Waals surface area contributed by atoms with E-state index in [-0.39, 0.29) is 5.82 Å². The van der Waals surface area contributed by atoms with Gasteiger partial charge >= 0.3 is 6.18 Å². The number of alkyl halides is 3. The van der Waals surface area contributed by atoms with Gasteiger partial charge in [0.2, 0.25) is 0 Å². The fourth-order valence-corrected chi connectivity index (χ4v) is 2.77.